The fourth-order valence-corrected chi connectivity index (χ4v) is 5.22. The Bertz CT molecular complexity index is 660. The van der Waals surface area contributed by atoms with Crippen LogP contribution in [0.3, 0.4) is 0 Å². The number of thiophene rings is 1. The average molecular weight is 378 g/mol. The number of carbonyl (C=O) groups is 2. The first-order valence-corrected chi connectivity index (χ1v) is 10.5. The number of amides is 2. The highest BCUT2D eigenvalue weighted by atomic mass is 32.1. The first-order chi connectivity index (χ1) is 12.3. The summed E-state index contributed by atoms with van der Waals surface area (Å²) in [4.78, 5) is 33.4. The van der Waals surface area contributed by atoms with E-state index in [0.29, 0.717) is 11.8 Å². The largest absolute Gasteiger partial charge is 0.344 e. The molecule has 2 heterocycles. The van der Waals surface area contributed by atoms with E-state index in [4.69, 9.17) is 0 Å². The Hall–Kier alpha value is -1.40. The van der Waals surface area contributed by atoms with Crippen LogP contribution in [0.4, 0.5) is 0 Å². The van der Waals surface area contributed by atoms with Crippen LogP contribution in [0.25, 0.3) is 0 Å². The number of aryl methyl sites for hydroxylation is 1. The molecule has 2 amide bonds. The van der Waals surface area contributed by atoms with Crippen molar-refractivity contribution in [2.75, 3.05) is 46.8 Å². The Kier molecular flexibility index (Phi) is 6.03. The highest BCUT2D eigenvalue weighted by Crippen LogP contribution is 2.33. The second kappa shape index (κ2) is 8.09. The molecule has 1 atom stereocenters. The zero-order chi connectivity index (χ0) is 18.8. The van der Waals surface area contributed by atoms with Crippen molar-refractivity contribution in [2.24, 2.45) is 11.8 Å². The molecule has 2 aliphatic rings. The van der Waals surface area contributed by atoms with Gasteiger partial charge in [0.15, 0.2) is 0 Å². The van der Waals surface area contributed by atoms with Gasteiger partial charge in [0.25, 0.3) is 5.91 Å². The van der Waals surface area contributed by atoms with Crippen LogP contribution in [-0.2, 0) is 17.6 Å². The van der Waals surface area contributed by atoms with Crippen molar-refractivity contribution in [1.29, 1.82) is 0 Å². The SMILES string of the molecule is CC(C)CN1CCN(C(=O)[C@@H]2CCc3sc(C(=O)N(C)C)cc3C2)CC1. The summed E-state index contributed by atoms with van der Waals surface area (Å²) < 4.78 is 0. The number of piperazine rings is 1. The van der Waals surface area contributed by atoms with Gasteiger partial charge in [0.1, 0.15) is 0 Å². The van der Waals surface area contributed by atoms with Crippen LogP contribution in [0.15, 0.2) is 6.07 Å². The molecular weight excluding hydrogens is 346 g/mol. The van der Waals surface area contributed by atoms with E-state index in [1.807, 2.05) is 6.07 Å². The third kappa shape index (κ3) is 4.29. The van der Waals surface area contributed by atoms with Gasteiger partial charge in [0.2, 0.25) is 5.91 Å². The van der Waals surface area contributed by atoms with Crippen LogP contribution < -0.4 is 0 Å². The average Bonchev–Trinajstić information content (AvgIpc) is 3.03. The molecule has 26 heavy (non-hydrogen) atoms. The first-order valence-electron chi connectivity index (χ1n) is 9.69. The van der Waals surface area contributed by atoms with Gasteiger partial charge in [0, 0.05) is 57.6 Å². The number of fused-ring (bicyclic) bond motifs is 1. The van der Waals surface area contributed by atoms with Crippen molar-refractivity contribution in [3.63, 3.8) is 0 Å². The normalized spacial score (nSPS) is 21.0. The van der Waals surface area contributed by atoms with E-state index in [1.165, 1.54) is 10.4 Å². The molecule has 0 saturated carbocycles. The maximum Gasteiger partial charge on any atom is 0.263 e. The van der Waals surface area contributed by atoms with Crippen LogP contribution in [0.2, 0.25) is 0 Å². The Balaban J connectivity index is 1.59. The molecule has 5 nitrogen and oxygen atoms in total. The van der Waals surface area contributed by atoms with E-state index in [-0.39, 0.29) is 11.8 Å². The van der Waals surface area contributed by atoms with Gasteiger partial charge in [-0.1, -0.05) is 13.8 Å². The molecular formula is C20H31N3O2S. The molecule has 144 valence electrons. The maximum atomic E-state index is 13.0. The minimum atomic E-state index is 0.0635. The lowest BCUT2D eigenvalue weighted by molar-refractivity contribution is -0.137. The predicted molar refractivity (Wildman–Crippen MR) is 106 cm³/mol. The molecule has 1 aliphatic heterocycles. The summed E-state index contributed by atoms with van der Waals surface area (Å²) in [5, 5.41) is 0. The van der Waals surface area contributed by atoms with Crippen molar-refractivity contribution in [3.05, 3.63) is 21.4 Å². The van der Waals surface area contributed by atoms with Gasteiger partial charge in [-0.3, -0.25) is 14.5 Å². The fraction of sp³-hybridized carbons (Fsp3) is 0.700. The van der Waals surface area contributed by atoms with Crippen LogP contribution in [0.5, 0.6) is 0 Å². The molecule has 0 aromatic carbocycles. The molecule has 1 aromatic rings. The minimum absolute atomic E-state index is 0.0635. The molecule has 3 rings (SSSR count). The van der Waals surface area contributed by atoms with Crippen molar-refractivity contribution in [2.45, 2.75) is 33.1 Å². The lowest BCUT2D eigenvalue weighted by atomic mass is 9.87. The quantitative estimate of drug-likeness (QED) is 0.809. The Labute approximate surface area is 161 Å². The summed E-state index contributed by atoms with van der Waals surface area (Å²) in [5.74, 6) is 1.13. The smallest absolute Gasteiger partial charge is 0.263 e. The lowest BCUT2D eigenvalue weighted by Gasteiger charge is -2.37. The number of hydrogen-bond acceptors (Lipinski definition) is 4. The molecule has 0 N–H and O–H groups in total. The first kappa shape index (κ1) is 19.4. The second-order valence-corrected chi connectivity index (χ2v) is 9.35. The van der Waals surface area contributed by atoms with Crippen LogP contribution in [-0.4, -0.2) is 73.3 Å². The van der Waals surface area contributed by atoms with Gasteiger partial charge in [-0.2, -0.15) is 0 Å². The maximum absolute atomic E-state index is 13.0. The standard InChI is InChI=1S/C20H31N3O2S/c1-14(2)13-22-7-9-23(10-8-22)19(24)15-5-6-17-16(11-15)12-18(26-17)20(25)21(3)4/h12,14-15H,5-11,13H2,1-4H3/t15-/m1/s1. The summed E-state index contributed by atoms with van der Waals surface area (Å²) in [7, 11) is 3.57. The summed E-state index contributed by atoms with van der Waals surface area (Å²) in [6.45, 7) is 9.28. The predicted octanol–water partition coefficient (Wildman–Crippen LogP) is 2.36. The van der Waals surface area contributed by atoms with Gasteiger partial charge < -0.3 is 9.80 Å². The van der Waals surface area contributed by atoms with Gasteiger partial charge in [0.05, 0.1) is 4.88 Å². The van der Waals surface area contributed by atoms with Crippen molar-refractivity contribution < 1.29 is 9.59 Å². The third-order valence-corrected chi connectivity index (χ3v) is 6.58. The van der Waals surface area contributed by atoms with E-state index in [1.54, 1.807) is 30.3 Å². The van der Waals surface area contributed by atoms with Crippen molar-refractivity contribution >= 4 is 23.2 Å². The number of rotatable bonds is 4. The summed E-state index contributed by atoms with van der Waals surface area (Å²) >= 11 is 1.60. The van der Waals surface area contributed by atoms with E-state index in [9.17, 15) is 9.59 Å². The Morgan fingerprint density at radius 1 is 1.23 bits per heavy atom. The highest BCUT2D eigenvalue weighted by molar-refractivity contribution is 7.14. The molecule has 6 heteroatoms. The van der Waals surface area contributed by atoms with Gasteiger partial charge in [-0.05, 0) is 36.8 Å². The summed E-state index contributed by atoms with van der Waals surface area (Å²) in [6.07, 6.45) is 2.62. The molecule has 0 bridgehead atoms. The number of carbonyl (C=O) groups excluding carboxylic acids is 2. The topological polar surface area (TPSA) is 43.9 Å². The third-order valence-electron chi connectivity index (χ3n) is 5.36. The highest BCUT2D eigenvalue weighted by Gasteiger charge is 2.32. The minimum Gasteiger partial charge on any atom is -0.344 e. The molecule has 1 aromatic heterocycles. The van der Waals surface area contributed by atoms with Gasteiger partial charge >= 0.3 is 0 Å². The van der Waals surface area contributed by atoms with Crippen LogP contribution >= 0.6 is 11.3 Å². The Morgan fingerprint density at radius 2 is 1.92 bits per heavy atom. The zero-order valence-electron chi connectivity index (χ0n) is 16.5. The van der Waals surface area contributed by atoms with Crippen LogP contribution in [0, 0.1) is 11.8 Å². The monoisotopic (exact) mass is 377 g/mol. The second-order valence-electron chi connectivity index (χ2n) is 8.22. The molecule has 0 unspecified atom stereocenters. The van der Waals surface area contributed by atoms with Gasteiger partial charge in [-0.25, -0.2) is 0 Å². The van der Waals surface area contributed by atoms with E-state index in [0.717, 1.165) is 56.9 Å². The Morgan fingerprint density at radius 3 is 2.54 bits per heavy atom. The number of nitrogens with zero attached hydrogens (tertiary/aromatic N) is 3. The molecule has 0 radical (unpaired) electrons. The summed E-state index contributed by atoms with van der Waals surface area (Å²) in [5.41, 5.74) is 1.21. The zero-order valence-corrected chi connectivity index (χ0v) is 17.3. The van der Waals surface area contributed by atoms with E-state index < -0.39 is 0 Å². The van der Waals surface area contributed by atoms with Crippen LogP contribution in [0.1, 0.15) is 40.4 Å². The molecule has 0 spiro atoms. The molecule has 1 fully saturated rings. The lowest BCUT2D eigenvalue weighted by Crippen LogP contribution is -2.51. The van der Waals surface area contributed by atoms with Crippen molar-refractivity contribution in [1.82, 2.24) is 14.7 Å². The van der Waals surface area contributed by atoms with E-state index >= 15 is 0 Å². The van der Waals surface area contributed by atoms with E-state index in [2.05, 4.69) is 23.6 Å². The fourth-order valence-electron chi connectivity index (χ4n) is 3.99. The number of hydrogen-bond donors (Lipinski definition) is 0. The summed E-state index contributed by atoms with van der Waals surface area (Å²) in [6, 6.07) is 2.02. The van der Waals surface area contributed by atoms with Gasteiger partial charge in [-0.15, -0.1) is 11.3 Å². The molecule has 1 saturated heterocycles. The van der Waals surface area contributed by atoms with Crippen molar-refractivity contribution in [3.8, 4) is 0 Å². The molecule has 1 aliphatic carbocycles.